The van der Waals surface area contributed by atoms with Gasteiger partial charge in [-0.3, -0.25) is 9.59 Å². The first-order valence-electron chi connectivity index (χ1n) is 9.15. The summed E-state index contributed by atoms with van der Waals surface area (Å²) in [7, 11) is 1.42. The number of carbonyl (C=O) groups excluding carboxylic acids is 1. The molecule has 0 aliphatic carbocycles. The van der Waals surface area contributed by atoms with Gasteiger partial charge in [-0.25, -0.2) is 4.98 Å². The number of carbonyl (C=O) groups is 1. The molecule has 0 spiro atoms. The molecule has 1 aromatic heterocycles. The third-order valence-electron chi connectivity index (χ3n) is 4.54. The predicted octanol–water partition coefficient (Wildman–Crippen LogP) is 3.14. The van der Waals surface area contributed by atoms with Gasteiger partial charge in [0, 0.05) is 5.56 Å². The molecule has 2 heterocycles. The van der Waals surface area contributed by atoms with Crippen LogP contribution in [0.25, 0.3) is 28.4 Å². The number of para-hydroxylation sites is 2. The van der Waals surface area contributed by atoms with Crippen LogP contribution in [0.3, 0.4) is 0 Å². The van der Waals surface area contributed by atoms with Crippen LogP contribution in [-0.4, -0.2) is 35.6 Å². The quantitative estimate of drug-likeness (QED) is 0.685. The number of fused-ring (bicyclic) bond motifs is 1. The van der Waals surface area contributed by atoms with Crippen molar-refractivity contribution in [3.8, 4) is 11.3 Å². The van der Waals surface area contributed by atoms with Crippen molar-refractivity contribution in [3.63, 3.8) is 0 Å². The van der Waals surface area contributed by atoms with Crippen LogP contribution in [0.5, 0.6) is 0 Å². The zero-order valence-electron chi connectivity index (χ0n) is 15.8. The number of nitrogens with one attached hydrogen (secondary N) is 2. The van der Waals surface area contributed by atoms with E-state index in [1.807, 2.05) is 48.5 Å². The summed E-state index contributed by atoms with van der Waals surface area (Å²) in [5, 5.41) is 3.03. The van der Waals surface area contributed by atoms with E-state index in [0.29, 0.717) is 5.69 Å². The van der Waals surface area contributed by atoms with Crippen LogP contribution in [0.4, 0.5) is 0 Å². The molecule has 1 aliphatic heterocycles. The van der Waals surface area contributed by atoms with Crippen LogP contribution < -0.4 is 10.9 Å². The number of rotatable bonds is 3. The molecule has 6 nitrogen and oxygen atoms in total. The minimum atomic E-state index is -0.181. The van der Waals surface area contributed by atoms with Gasteiger partial charge in [-0.2, -0.15) is 0 Å². The Morgan fingerprint density at radius 2 is 2.07 bits per heavy atom. The number of aromatic amines is 1. The first-order chi connectivity index (χ1) is 13.6. The lowest BCUT2D eigenvalue weighted by Crippen LogP contribution is -2.31. The Balaban J connectivity index is 0.000000211. The second kappa shape index (κ2) is 9.10. The van der Waals surface area contributed by atoms with E-state index in [-0.39, 0.29) is 17.6 Å². The molecule has 1 unspecified atom stereocenters. The maximum Gasteiger partial charge on any atom is 0.322 e. The molecule has 0 saturated carbocycles. The van der Waals surface area contributed by atoms with Crippen LogP contribution in [-0.2, 0) is 9.53 Å². The molecule has 28 heavy (non-hydrogen) atoms. The molecule has 2 N–H and O–H groups in total. The fourth-order valence-electron chi connectivity index (χ4n) is 3.07. The van der Waals surface area contributed by atoms with Gasteiger partial charge in [0.05, 0.1) is 18.1 Å². The molecule has 1 fully saturated rings. The van der Waals surface area contributed by atoms with E-state index in [9.17, 15) is 9.59 Å². The number of nitrogens with zero attached hydrogens (tertiary/aromatic N) is 1. The smallest absolute Gasteiger partial charge is 0.322 e. The van der Waals surface area contributed by atoms with E-state index >= 15 is 0 Å². The van der Waals surface area contributed by atoms with Gasteiger partial charge in [0.1, 0.15) is 11.7 Å². The zero-order valence-corrected chi connectivity index (χ0v) is 15.8. The molecule has 3 aromatic rings. The standard InChI is InChI=1S/C16H12N2O.C6H11NO2/c1-2-11-6-5-7-12(10-11)15-16(19)18-14-9-4-3-8-13(14)17-15;1-9-6(8)5-3-2-4-7-5/h2-10H,1H2,(H,18,19);5,7H,2-4H2,1H3. The maximum absolute atomic E-state index is 12.1. The van der Waals surface area contributed by atoms with Crippen molar-refractivity contribution < 1.29 is 9.53 Å². The van der Waals surface area contributed by atoms with Crippen molar-refractivity contribution in [1.29, 1.82) is 0 Å². The van der Waals surface area contributed by atoms with Gasteiger partial charge >= 0.3 is 5.97 Å². The van der Waals surface area contributed by atoms with Crippen LogP contribution in [0.15, 0.2) is 59.9 Å². The molecule has 1 aliphatic rings. The Kier molecular flexibility index (Phi) is 6.34. The lowest BCUT2D eigenvalue weighted by molar-refractivity contribution is -0.142. The van der Waals surface area contributed by atoms with Gasteiger partial charge in [-0.05, 0) is 43.1 Å². The van der Waals surface area contributed by atoms with Crippen molar-refractivity contribution in [3.05, 3.63) is 71.0 Å². The molecular formula is C22H23N3O3. The number of ether oxygens (including phenoxy) is 1. The molecule has 1 atom stereocenters. The monoisotopic (exact) mass is 377 g/mol. The average molecular weight is 377 g/mol. The molecule has 1 saturated heterocycles. The Bertz CT molecular complexity index is 1040. The molecule has 6 heteroatoms. The van der Waals surface area contributed by atoms with E-state index in [1.165, 1.54) is 7.11 Å². The highest BCUT2D eigenvalue weighted by Gasteiger charge is 2.21. The topological polar surface area (TPSA) is 84.1 Å². The van der Waals surface area contributed by atoms with E-state index in [2.05, 4.69) is 26.6 Å². The molecule has 0 bridgehead atoms. The summed E-state index contributed by atoms with van der Waals surface area (Å²) < 4.78 is 4.53. The van der Waals surface area contributed by atoms with E-state index in [4.69, 9.17) is 0 Å². The second-order valence-corrected chi connectivity index (χ2v) is 6.43. The average Bonchev–Trinajstić information content (AvgIpc) is 3.28. The third kappa shape index (κ3) is 4.53. The van der Waals surface area contributed by atoms with Crippen molar-refractivity contribution in [2.24, 2.45) is 0 Å². The van der Waals surface area contributed by atoms with Gasteiger partial charge in [0.25, 0.3) is 5.56 Å². The van der Waals surface area contributed by atoms with Gasteiger partial charge in [-0.15, -0.1) is 0 Å². The Labute approximate surface area is 163 Å². The number of esters is 1. The summed E-state index contributed by atoms with van der Waals surface area (Å²) in [5.41, 5.74) is 3.54. The lowest BCUT2D eigenvalue weighted by atomic mass is 10.1. The van der Waals surface area contributed by atoms with E-state index in [1.54, 1.807) is 6.08 Å². The highest BCUT2D eigenvalue weighted by Crippen LogP contribution is 2.17. The number of aromatic nitrogens is 2. The third-order valence-corrected chi connectivity index (χ3v) is 4.54. The normalized spacial score (nSPS) is 15.5. The van der Waals surface area contributed by atoms with Crippen molar-refractivity contribution in [2.75, 3.05) is 13.7 Å². The Morgan fingerprint density at radius 3 is 2.79 bits per heavy atom. The molecule has 0 amide bonds. The first kappa shape index (κ1) is 19.5. The summed E-state index contributed by atoms with van der Waals surface area (Å²) in [5.74, 6) is -0.132. The molecule has 0 radical (unpaired) electrons. The van der Waals surface area contributed by atoms with E-state index < -0.39 is 0 Å². The maximum atomic E-state index is 12.1. The summed E-state index contributed by atoms with van der Waals surface area (Å²) in [6.07, 6.45) is 3.76. The minimum absolute atomic E-state index is 0.0324. The number of methoxy groups -OCH3 is 1. The first-order valence-corrected chi connectivity index (χ1v) is 9.15. The van der Waals surface area contributed by atoms with Gasteiger partial charge < -0.3 is 15.0 Å². The molecule has 2 aromatic carbocycles. The number of benzene rings is 2. The highest BCUT2D eigenvalue weighted by molar-refractivity contribution is 5.77. The SMILES string of the molecule is C=Cc1cccc(-c2nc3ccccc3[nH]c2=O)c1.COC(=O)C1CCCN1. The zero-order chi connectivity index (χ0) is 19.9. The van der Waals surface area contributed by atoms with Gasteiger partial charge in [-0.1, -0.05) is 43.0 Å². The summed E-state index contributed by atoms with van der Waals surface area (Å²) in [6.45, 7) is 4.68. The second-order valence-electron chi connectivity index (χ2n) is 6.43. The predicted molar refractivity (Wildman–Crippen MR) is 111 cm³/mol. The summed E-state index contributed by atoms with van der Waals surface area (Å²) >= 11 is 0. The number of hydrogen-bond acceptors (Lipinski definition) is 5. The van der Waals surface area contributed by atoms with Crippen LogP contribution in [0.2, 0.25) is 0 Å². The largest absolute Gasteiger partial charge is 0.468 e. The van der Waals surface area contributed by atoms with Crippen LogP contribution in [0, 0.1) is 0 Å². The molecule has 4 rings (SSSR count). The fourth-order valence-corrected chi connectivity index (χ4v) is 3.07. The van der Waals surface area contributed by atoms with Crippen molar-refractivity contribution >= 4 is 23.1 Å². The highest BCUT2D eigenvalue weighted by atomic mass is 16.5. The summed E-state index contributed by atoms with van der Waals surface area (Å²) in [6, 6.07) is 15.1. The summed E-state index contributed by atoms with van der Waals surface area (Å²) in [4.78, 5) is 30.1. The fraction of sp³-hybridized carbons (Fsp3) is 0.227. The van der Waals surface area contributed by atoms with Crippen LogP contribution in [0.1, 0.15) is 18.4 Å². The Morgan fingerprint density at radius 1 is 1.25 bits per heavy atom. The number of hydrogen-bond donors (Lipinski definition) is 2. The van der Waals surface area contributed by atoms with Crippen molar-refractivity contribution in [2.45, 2.75) is 18.9 Å². The lowest BCUT2D eigenvalue weighted by Gasteiger charge is -2.04. The van der Waals surface area contributed by atoms with Crippen molar-refractivity contribution in [1.82, 2.24) is 15.3 Å². The van der Waals surface area contributed by atoms with Gasteiger partial charge in [0.15, 0.2) is 0 Å². The molecular weight excluding hydrogens is 354 g/mol. The van der Waals surface area contributed by atoms with Gasteiger partial charge in [0.2, 0.25) is 0 Å². The Hall–Kier alpha value is -3.25. The minimum Gasteiger partial charge on any atom is -0.468 e. The number of H-pyrrole nitrogens is 1. The van der Waals surface area contributed by atoms with E-state index in [0.717, 1.165) is 41.5 Å². The van der Waals surface area contributed by atoms with Crippen LogP contribution >= 0.6 is 0 Å². The molecule has 144 valence electrons.